The van der Waals surface area contributed by atoms with E-state index in [0.29, 0.717) is 5.70 Å². The molecular weight excluding hydrogens is 242 g/mol. The number of hydrazine groups is 1. The Bertz CT molecular complexity index is 562. The Hall–Kier alpha value is -2.14. The lowest BCUT2D eigenvalue weighted by Gasteiger charge is -2.35. The van der Waals surface area contributed by atoms with Gasteiger partial charge in [-0.1, -0.05) is 24.3 Å². The first-order valence-corrected chi connectivity index (χ1v) is 6.06. The summed E-state index contributed by atoms with van der Waals surface area (Å²) < 4.78 is 0. The van der Waals surface area contributed by atoms with Crippen LogP contribution in [0.3, 0.4) is 0 Å². The predicted molar refractivity (Wildman–Crippen MR) is 72.7 cm³/mol. The Morgan fingerprint density at radius 2 is 2.05 bits per heavy atom. The molecule has 0 fully saturated rings. The summed E-state index contributed by atoms with van der Waals surface area (Å²) in [6, 6.07) is 7.82. The number of hydrogen-bond donors (Lipinski definition) is 3. The highest BCUT2D eigenvalue weighted by Gasteiger charge is 2.28. The lowest BCUT2D eigenvalue weighted by Crippen LogP contribution is -2.44. The molecule has 0 aromatic heterocycles. The number of amides is 1. The van der Waals surface area contributed by atoms with E-state index >= 15 is 0 Å². The number of carbonyl (C=O) groups excluding carboxylic acids is 2. The van der Waals surface area contributed by atoms with Crippen LogP contribution in [-0.2, 0) is 16.0 Å². The van der Waals surface area contributed by atoms with Crippen LogP contribution in [-0.4, -0.2) is 17.2 Å². The Labute approximate surface area is 111 Å². The monoisotopic (exact) mass is 259 g/mol. The van der Waals surface area contributed by atoms with Gasteiger partial charge in [-0.15, -0.1) is 0 Å². The fraction of sp³-hybridized carbons (Fsp3) is 0.286. The highest BCUT2D eigenvalue weighted by atomic mass is 16.2. The van der Waals surface area contributed by atoms with Gasteiger partial charge in [0, 0.05) is 22.9 Å². The van der Waals surface area contributed by atoms with Crippen LogP contribution < -0.4 is 16.6 Å². The van der Waals surface area contributed by atoms with Crippen molar-refractivity contribution in [3.63, 3.8) is 0 Å². The standard InChI is InChI=1S/C14H17N3O2/c1-14(2)8-9-5-3-4-6-10(9)11(16-14)7-12(18)13(19)17-15/h3-7,16H,8,15H2,1-2H3,(H,17,19). The molecule has 0 saturated carbocycles. The molecule has 5 nitrogen and oxygen atoms in total. The van der Waals surface area contributed by atoms with E-state index in [9.17, 15) is 9.59 Å². The molecular formula is C14H17N3O2. The number of ketones is 1. The second-order valence-electron chi connectivity index (χ2n) is 5.24. The molecule has 0 atom stereocenters. The topological polar surface area (TPSA) is 84.2 Å². The van der Waals surface area contributed by atoms with Gasteiger partial charge in [-0.2, -0.15) is 0 Å². The summed E-state index contributed by atoms with van der Waals surface area (Å²) in [5.74, 6) is 3.46. The largest absolute Gasteiger partial charge is 0.379 e. The third kappa shape index (κ3) is 2.82. The summed E-state index contributed by atoms with van der Waals surface area (Å²) in [7, 11) is 0. The van der Waals surface area contributed by atoms with Gasteiger partial charge in [-0.25, -0.2) is 5.84 Å². The third-order valence-corrected chi connectivity index (χ3v) is 3.04. The van der Waals surface area contributed by atoms with Crippen molar-refractivity contribution in [1.82, 2.24) is 10.7 Å². The van der Waals surface area contributed by atoms with Gasteiger partial charge in [0.15, 0.2) is 0 Å². The van der Waals surface area contributed by atoms with Crippen LogP contribution in [0, 0.1) is 0 Å². The molecule has 0 spiro atoms. The molecule has 2 rings (SSSR count). The van der Waals surface area contributed by atoms with Crippen LogP contribution >= 0.6 is 0 Å². The van der Waals surface area contributed by atoms with Gasteiger partial charge in [-0.3, -0.25) is 15.0 Å². The van der Waals surface area contributed by atoms with Crippen molar-refractivity contribution in [1.29, 1.82) is 0 Å². The Morgan fingerprint density at radius 3 is 2.74 bits per heavy atom. The number of benzene rings is 1. The Morgan fingerprint density at radius 1 is 1.37 bits per heavy atom. The van der Waals surface area contributed by atoms with Gasteiger partial charge in [0.1, 0.15) is 0 Å². The van der Waals surface area contributed by atoms with Crippen LogP contribution in [0.25, 0.3) is 5.70 Å². The van der Waals surface area contributed by atoms with E-state index in [-0.39, 0.29) is 5.54 Å². The zero-order valence-corrected chi connectivity index (χ0v) is 11.0. The first-order valence-electron chi connectivity index (χ1n) is 6.06. The summed E-state index contributed by atoms with van der Waals surface area (Å²) in [6.45, 7) is 4.09. The Balaban J connectivity index is 2.43. The van der Waals surface area contributed by atoms with Crippen LogP contribution in [0.2, 0.25) is 0 Å². The summed E-state index contributed by atoms with van der Waals surface area (Å²) in [4.78, 5) is 22.9. The van der Waals surface area contributed by atoms with E-state index in [2.05, 4.69) is 5.32 Å². The molecule has 0 bridgehead atoms. The number of carbonyl (C=O) groups is 2. The average molecular weight is 259 g/mol. The molecule has 0 saturated heterocycles. The number of rotatable bonds is 2. The van der Waals surface area contributed by atoms with E-state index < -0.39 is 11.7 Å². The third-order valence-electron chi connectivity index (χ3n) is 3.04. The summed E-state index contributed by atoms with van der Waals surface area (Å²) in [5.41, 5.74) is 4.42. The van der Waals surface area contributed by atoms with Crippen molar-refractivity contribution in [2.24, 2.45) is 5.84 Å². The Kier molecular flexibility index (Phi) is 3.40. The lowest BCUT2D eigenvalue weighted by atomic mass is 9.85. The highest BCUT2D eigenvalue weighted by molar-refractivity contribution is 6.41. The second-order valence-corrected chi connectivity index (χ2v) is 5.24. The van der Waals surface area contributed by atoms with Crippen molar-refractivity contribution in [3.05, 3.63) is 41.5 Å². The number of nitrogens with two attached hydrogens (primary N) is 1. The number of nitrogens with one attached hydrogen (secondary N) is 2. The van der Waals surface area contributed by atoms with Crippen LogP contribution in [0.1, 0.15) is 25.0 Å². The minimum Gasteiger partial charge on any atom is -0.379 e. The summed E-state index contributed by atoms with van der Waals surface area (Å²) >= 11 is 0. The first kappa shape index (κ1) is 13.3. The second kappa shape index (κ2) is 4.85. The number of fused-ring (bicyclic) bond motifs is 1. The van der Waals surface area contributed by atoms with E-state index in [1.54, 1.807) is 0 Å². The smallest absolute Gasteiger partial charge is 0.305 e. The maximum atomic E-state index is 11.7. The van der Waals surface area contributed by atoms with Gasteiger partial charge >= 0.3 is 5.91 Å². The van der Waals surface area contributed by atoms with E-state index in [0.717, 1.165) is 17.5 Å². The normalized spacial score (nSPS) is 18.4. The van der Waals surface area contributed by atoms with Crippen LogP contribution in [0.4, 0.5) is 0 Å². The molecule has 1 aromatic rings. The van der Waals surface area contributed by atoms with Gasteiger partial charge < -0.3 is 5.32 Å². The molecule has 1 amide bonds. The zero-order valence-electron chi connectivity index (χ0n) is 11.0. The molecule has 0 radical (unpaired) electrons. The molecule has 1 aliphatic rings. The average Bonchev–Trinajstić information content (AvgIpc) is 2.36. The van der Waals surface area contributed by atoms with Gasteiger partial charge in [0.2, 0.25) is 5.78 Å². The lowest BCUT2D eigenvalue weighted by molar-refractivity contribution is -0.135. The van der Waals surface area contributed by atoms with Crippen molar-refractivity contribution in [2.45, 2.75) is 25.8 Å². The van der Waals surface area contributed by atoms with Crippen molar-refractivity contribution in [3.8, 4) is 0 Å². The molecule has 0 aliphatic carbocycles. The van der Waals surface area contributed by atoms with E-state index in [1.807, 2.05) is 43.5 Å². The fourth-order valence-electron chi connectivity index (χ4n) is 2.27. The predicted octanol–water partition coefficient (Wildman–Crippen LogP) is 0.511. The van der Waals surface area contributed by atoms with E-state index in [4.69, 9.17) is 5.84 Å². The zero-order chi connectivity index (χ0) is 14.0. The quantitative estimate of drug-likeness (QED) is 0.237. The van der Waals surface area contributed by atoms with Crippen molar-refractivity contribution < 1.29 is 9.59 Å². The van der Waals surface area contributed by atoms with Crippen molar-refractivity contribution in [2.75, 3.05) is 0 Å². The van der Waals surface area contributed by atoms with Gasteiger partial charge in [0.05, 0.1) is 0 Å². The van der Waals surface area contributed by atoms with Gasteiger partial charge in [-0.05, 0) is 25.8 Å². The molecule has 1 aliphatic heterocycles. The summed E-state index contributed by atoms with van der Waals surface area (Å²) in [6.07, 6.45) is 2.15. The van der Waals surface area contributed by atoms with Crippen molar-refractivity contribution >= 4 is 17.4 Å². The molecule has 5 heteroatoms. The SMILES string of the molecule is CC1(C)Cc2ccccc2C(=CC(=O)C(=O)NN)N1. The van der Waals surface area contributed by atoms with Gasteiger partial charge in [0.25, 0.3) is 0 Å². The maximum Gasteiger partial charge on any atom is 0.305 e. The van der Waals surface area contributed by atoms with E-state index in [1.165, 1.54) is 6.08 Å². The fourth-order valence-corrected chi connectivity index (χ4v) is 2.27. The highest BCUT2D eigenvalue weighted by Crippen LogP contribution is 2.29. The molecule has 4 N–H and O–H groups in total. The first-order chi connectivity index (χ1) is 8.93. The molecule has 1 aromatic carbocycles. The number of hydrogen-bond acceptors (Lipinski definition) is 4. The molecule has 0 unspecified atom stereocenters. The minimum absolute atomic E-state index is 0.167. The molecule has 1 heterocycles. The minimum atomic E-state index is -0.824. The van der Waals surface area contributed by atoms with Crippen LogP contribution in [0.5, 0.6) is 0 Å². The molecule has 19 heavy (non-hydrogen) atoms. The molecule has 100 valence electrons. The maximum absolute atomic E-state index is 11.7. The van der Waals surface area contributed by atoms with Crippen LogP contribution in [0.15, 0.2) is 30.3 Å². The summed E-state index contributed by atoms with van der Waals surface area (Å²) in [5, 5.41) is 3.28.